The van der Waals surface area contributed by atoms with E-state index in [-0.39, 0.29) is 34.1 Å². The zero-order valence-electron chi connectivity index (χ0n) is 23.7. The maximum Gasteiger partial charge on any atom is 0.350 e. The molecule has 0 aliphatic carbocycles. The van der Waals surface area contributed by atoms with Gasteiger partial charge in [0.2, 0.25) is 0 Å². The molecule has 0 radical (unpaired) electrons. The van der Waals surface area contributed by atoms with E-state index in [1.807, 2.05) is 6.92 Å². The van der Waals surface area contributed by atoms with E-state index in [1.165, 1.54) is 11.0 Å². The van der Waals surface area contributed by atoms with E-state index in [1.54, 1.807) is 49.4 Å². The first-order chi connectivity index (χ1) is 20.2. The van der Waals surface area contributed by atoms with E-state index in [2.05, 4.69) is 18.5 Å². The van der Waals surface area contributed by atoms with Crippen LogP contribution in [0.1, 0.15) is 64.8 Å². The van der Waals surface area contributed by atoms with Crippen LogP contribution in [0.3, 0.4) is 0 Å². The SMILES string of the molecule is C=CCOC(=O)c1sc(N2C(=O)C(=O)C(=C(O)c3ccc4c(c3)CC(C)O4)C2c2ccc(OCCCC)cc2)nc1C. The molecule has 2 aromatic carbocycles. The number of rotatable bonds is 10. The Morgan fingerprint density at radius 1 is 1.24 bits per heavy atom. The number of benzene rings is 2. The molecule has 1 N–H and O–H groups in total. The Morgan fingerprint density at radius 2 is 2.00 bits per heavy atom. The second kappa shape index (κ2) is 12.2. The first-order valence-electron chi connectivity index (χ1n) is 13.8. The summed E-state index contributed by atoms with van der Waals surface area (Å²) in [6.07, 6.45) is 4.03. The summed E-state index contributed by atoms with van der Waals surface area (Å²) in [6.45, 7) is 9.81. The van der Waals surface area contributed by atoms with Crippen LogP contribution < -0.4 is 14.4 Å². The number of fused-ring (bicyclic) bond motifs is 1. The minimum atomic E-state index is -0.999. The number of unbranched alkanes of at least 4 members (excludes halogenated alkanes) is 1. The predicted molar refractivity (Wildman–Crippen MR) is 159 cm³/mol. The third kappa shape index (κ3) is 5.54. The summed E-state index contributed by atoms with van der Waals surface area (Å²) in [4.78, 5) is 45.7. The van der Waals surface area contributed by atoms with Crippen LogP contribution >= 0.6 is 11.3 Å². The zero-order valence-corrected chi connectivity index (χ0v) is 24.5. The number of aliphatic hydroxyl groups is 1. The van der Waals surface area contributed by atoms with E-state index in [0.29, 0.717) is 35.6 Å². The Labute approximate surface area is 248 Å². The number of hydrogen-bond acceptors (Lipinski definition) is 9. The molecule has 2 unspecified atom stereocenters. The van der Waals surface area contributed by atoms with Gasteiger partial charge in [-0.15, -0.1) is 0 Å². The number of ether oxygens (including phenoxy) is 3. The van der Waals surface area contributed by atoms with E-state index < -0.39 is 23.7 Å². The van der Waals surface area contributed by atoms with Gasteiger partial charge in [-0.1, -0.05) is 49.5 Å². The van der Waals surface area contributed by atoms with Gasteiger partial charge in [-0.25, -0.2) is 9.78 Å². The van der Waals surface area contributed by atoms with Gasteiger partial charge >= 0.3 is 11.9 Å². The smallest absolute Gasteiger partial charge is 0.350 e. The van der Waals surface area contributed by atoms with Gasteiger partial charge < -0.3 is 19.3 Å². The van der Waals surface area contributed by atoms with Crippen molar-refractivity contribution < 1.29 is 33.7 Å². The van der Waals surface area contributed by atoms with Crippen LogP contribution in [0, 0.1) is 6.92 Å². The van der Waals surface area contributed by atoms with E-state index in [0.717, 1.165) is 35.5 Å². The van der Waals surface area contributed by atoms with Crippen molar-refractivity contribution in [3.63, 3.8) is 0 Å². The molecule has 2 aliphatic rings. The van der Waals surface area contributed by atoms with Crippen LogP contribution in [0.5, 0.6) is 11.5 Å². The van der Waals surface area contributed by atoms with Gasteiger partial charge in [0.15, 0.2) is 5.13 Å². The largest absolute Gasteiger partial charge is 0.507 e. The molecule has 10 heteroatoms. The molecular formula is C32H32N2O7S. The quantitative estimate of drug-likeness (QED) is 0.0775. The number of carbonyl (C=O) groups is 3. The number of anilines is 1. The topological polar surface area (TPSA) is 115 Å². The predicted octanol–water partition coefficient (Wildman–Crippen LogP) is 5.92. The second-order valence-corrected chi connectivity index (χ2v) is 11.2. The number of thiazole rings is 1. The lowest BCUT2D eigenvalue weighted by Gasteiger charge is -2.23. The van der Waals surface area contributed by atoms with Gasteiger partial charge in [-0.3, -0.25) is 14.5 Å². The number of hydrogen-bond donors (Lipinski definition) is 1. The molecule has 1 amide bonds. The van der Waals surface area contributed by atoms with Crippen molar-refractivity contribution in [2.75, 3.05) is 18.1 Å². The average Bonchev–Trinajstić information content (AvgIpc) is 3.63. The van der Waals surface area contributed by atoms with E-state index >= 15 is 0 Å². The van der Waals surface area contributed by atoms with Crippen molar-refractivity contribution in [1.82, 2.24) is 4.98 Å². The first-order valence-corrected chi connectivity index (χ1v) is 14.6. The van der Waals surface area contributed by atoms with Crippen molar-refractivity contribution in [3.05, 3.63) is 88.0 Å². The van der Waals surface area contributed by atoms with Crippen LogP contribution in [0.15, 0.2) is 60.7 Å². The summed E-state index contributed by atoms with van der Waals surface area (Å²) in [5.74, 6) is -1.24. The molecule has 218 valence electrons. The Hall–Kier alpha value is -4.44. The number of nitrogens with zero attached hydrogens (tertiary/aromatic N) is 2. The number of aryl methyl sites for hydroxylation is 1. The lowest BCUT2D eigenvalue weighted by atomic mass is 9.94. The third-order valence-corrected chi connectivity index (χ3v) is 8.22. The highest BCUT2D eigenvalue weighted by Crippen LogP contribution is 2.44. The van der Waals surface area contributed by atoms with Gasteiger partial charge in [0, 0.05) is 12.0 Å². The van der Waals surface area contributed by atoms with Crippen LogP contribution in [0.4, 0.5) is 5.13 Å². The summed E-state index contributed by atoms with van der Waals surface area (Å²) in [5.41, 5.74) is 2.16. The first kappa shape index (κ1) is 29.1. The Bertz CT molecular complexity index is 1570. The standard InChI is InChI=1S/C32H32N2O7S/c1-5-7-15-39-23-11-8-20(9-12-23)26-25(27(35)21-10-13-24-22(17-21)16-18(3)41-24)28(36)30(37)34(26)32-33-19(4)29(42-32)31(38)40-14-6-2/h6,8-13,17-18,26,35H,2,5,7,14-16H2,1,3-4H3. The highest BCUT2D eigenvalue weighted by Gasteiger charge is 2.48. The Kier molecular flexibility index (Phi) is 8.44. The van der Waals surface area contributed by atoms with Gasteiger partial charge in [0.1, 0.15) is 34.8 Å². The number of aliphatic hydroxyl groups excluding tert-OH is 1. The van der Waals surface area contributed by atoms with Crippen LogP contribution in [0.2, 0.25) is 0 Å². The highest BCUT2D eigenvalue weighted by atomic mass is 32.1. The van der Waals surface area contributed by atoms with Gasteiger partial charge in [0.05, 0.1) is 23.9 Å². The molecule has 9 nitrogen and oxygen atoms in total. The number of amides is 1. The zero-order chi connectivity index (χ0) is 30.0. The molecule has 1 saturated heterocycles. The Morgan fingerprint density at radius 3 is 2.71 bits per heavy atom. The average molecular weight is 589 g/mol. The molecule has 3 aromatic rings. The molecule has 1 fully saturated rings. The maximum absolute atomic E-state index is 13.6. The van der Waals surface area contributed by atoms with Crippen LogP contribution in [0.25, 0.3) is 5.76 Å². The van der Waals surface area contributed by atoms with Gasteiger partial charge in [-0.2, -0.15) is 0 Å². The molecule has 0 bridgehead atoms. The van der Waals surface area contributed by atoms with Gasteiger partial charge in [-0.05, 0) is 61.7 Å². The van der Waals surface area contributed by atoms with E-state index in [4.69, 9.17) is 14.2 Å². The lowest BCUT2D eigenvalue weighted by molar-refractivity contribution is -0.132. The number of ketones is 1. The third-order valence-electron chi connectivity index (χ3n) is 7.09. The monoisotopic (exact) mass is 588 g/mol. The second-order valence-electron chi connectivity index (χ2n) is 10.2. The molecule has 0 saturated carbocycles. The summed E-state index contributed by atoms with van der Waals surface area (Å²) in [6, 6.07) is 11.3. The molecule has 2 aliphatic heterocycles. The van der Waals surface area contributed by atoms with Crippen LogP contribution in [-0.4, -0.2) is 47.1 Å². The van der Waals surface area contributed by atoms with Crippen LogP contribution in [-0.2, 0) is 20.7 Å². The van der Waals surface area contributed by atoms with Crippen molar-refractivity contribution in [2.45, 2.75) is 52.2 Å². The molecule has 3 heterocycles. The minimum absolute atomic E-state index is 0.00143. The Balaban J connectivity index is 1.60. The van der Waals surface area contributed by atoms with Crippen molar-refractivity contribution in [3.8, 4) is 11.5 Å². The summed E-state index contributed by atoms with van der Waals surface area (Å²) >= 11 is 0.950. The number of carbonyl (C=O) groups excluding carboxylic acids is 3. The summed E-state index contributed by atoms with van der Waals surface area (Å²) in [5, 5.41) is 11.7. The van der Waals surface area contributed by atoms with Crippen molar-refractivity contribution in [2.24, 2.45) is 0 Å². The molecule has 1 aromatic heterocycles. The molecule has 5 rings (SSSR count). The highest BCUT2D eigenvalue weighted by molar-refractivity contribution is 7.17. The molecule has 42 heavy (non-hydrogen) atoms. The number of Topliss-reactive ketones (excluding diaryl/α,β-unsaturated/α-hetero) is 1. The fourth-order valence-electron chi connectivity index (χ4n) is 5.03. The fraction of sp³-hybridized carbons (Fsp3) is 0.312. The number of aromatic nitrogens is 1. The van der Waals surface area contributed by atoms with E-state index in [9.17, 15) is 19.5 Å². The summed E-state index contributed by atoms with van der Waals surface area (Å²) in [7, 11) is 0. The molecule has 0 spiro atoms. The molecule has 2 atom stereocenters. The normalized spacial score (nSPS) is 19.0. The van der Waals surface area contributed by atoms with Crippen molar-refractivity contribution >= 4 is 39.9 Å². The number of esters is 1. The van der Waals surface area contributed by atoms with Crippen molar-refractivity contribution in [1.29, 1.82) is 0 Å². The molecular weight excluding hydrogens is 556 g/mol. The summed E-state index contributed by atoms with van der Waals surface area (Å²) < 4.78 is 16.8. The minimum Gasteiger partial charge on any atom is -0.507 e. The lowest BCUT2D eigenvalue weighted by Crippen LogP contribution is -2.29. The fourth-order valence-corrected chi connectivity index (χ4v) is 6.01. The maximum atomic E-state index is 13.6. The van der Waals surface area contributed by atoms with Gasteiger partial charge in [0.25, 0.3) is 5.78 Å².